The zero-order chi connectivity index (χ0) is 9.84. The van der Waals surface area contributed by atoms with Crippen molar-refractivity contribution in [3.05, 3.63) is 0 Å². The van der Waals surface area contributed by atoms with Gasteiger partial charge in [-0.05, 0) is 12.8 Å². The number of carbonyl (C=O) groups is 2. The fourth-order valence-corrected chi connectivity index (χ4v) is 1.54. The number of hydrogen-bond donors (Lipinski definition) is 3. The van der Waals surface area contributed by atoms with Gasteiger partial charge in [0.1, 0.15) is 0 Å². The summed E-state index contributed by atoms with van der Waals surface area (Å²) in [5.74, 6) is -1.07. The first kappa shape index (κ1) is 9.98. The summed E-state index contributed by atoms with van der Waals surface area (Å²) in [6, 6.07) is -0.241. The van der Waals surface area contributed by atoms with Crippen LogP contribution >= 0.6 is 0 Å². The summed E-state index contributed by atoms with van der Waals surface area (Å²) >= 11 is 0. The number of carbonyl (C=O) groups excluding carboxylic acids is 2. The molecule has 1 rings (SSSR count). The van der Waals surface area contributed by atoms with Gasteiger partial charge in [0.15, 0.2) is 0 Å². The van der Waals surface area contributed by atoms with Crippen LogP contribution in [-0.2, 0) is 9.59 Å². The molecule has 0 spiro atoms. The Morgan fingerprint density at radius 3 is 2.92 bits per heavy atom. The molecule has 74 valence electrons. The fraction of sp³-hybridized carbons (Fsp3) is 0.750. The average Bonchev–Trinajstić information content (AvgIpc) is 2.18. The fourth-order valence-electron chi connectivity index (χ4n) is 1.54. The van der Waals surface area contributed by atoms with Crippen LogP contribution in [-0.4, -0.2) is 24.4 Å². The summed E-state index contributed by atoms with van der Waals surface area (Å²) < 4.78 is 0. The Balaban J connectivity index is 2.63. The van der Waals surface area contributed by atoms with Crippen LogP contribution in [0.5, 0.6) is 0 Å². The molecule has 0 bridgehead atoms. The van der Waals surface area contributed by atoms with Crippen LogP contribution in [0.1, 0.15) is 19.3 Å². The summed E-state index contributed by atoms with van der Waals surface area (Å²) in [7, 11) is 0. The van der Waals surface area contributed by atoms with E-state index in [-0.39, 0.29) is 18.4 Å². The van der Waals surface area contributed by atoms with Gasteiger partial charge in [0, 0.05) is 19.0 Å². The molecule has 1 heterocycles. The lowest BCUT2D eigenvalue weighted by Gasteiger charge is -2.17. The van der Waals surface area contributed by atoms with Crippen LogP contribution in [0, 0.1) is 5.92 Å². The van der Waals surface area contributed by atoms with Gasteiger partial charge < -0.3 is 16.8 Å². The van der Waals surface area contributed by atoms with Crippen LogP contribution in [0.4, 0.5) is 0 Å². The lowest BCUT2D eigenvalue weighted by atomic mass is 9.94. The molecular formula is C8H15N3O2. The third-order valence-electron chi connectivity index (χ3n) is 2.29. The van der Waals surface area contributed by atoms with Crippen LogP contribution in [0.3, 0.4) is 0 Å². The quantitative estimate of drug-likeness (QED) is 0.499. The highest BCUT2D eigenvalue weighted by molar-refractivity contribution is 5.85. The van der Waals surface area contributed by atoms with E-state index in [1.54, 1.807) is 0 Å². The number of nitrogens with two attached hydrogens (primary N) is 2. The smallest absolute Gasteiger partial charge is 0.225 e. The predicted octanol–water partition coefficient (Wildman–Crippen LogP) is -1.28. The van der Waals surface area contributed by atoms with Crippen LogP contribution in [0.25, 0.3) is 0 Å². The highest BCUT2D eigenvalue weighted by Crippen LogP contribution is 2.14. The van der Waals surface area contributed by atoms with E-state index in [9.17, 15) is 9.59 Å². The molecule has 1 saturated heterocycles. The minimum Gasteiger partial charge on any atom is -0.370 e. The maximum atomic E-state index is 11.4. The van der Waals surface area contributed by atoms with Gasteiger partial charge in [-0.2, -0.15) is 0 Å². The van der Waals surface area contributed by atoms with Gasteiger partial charge in [-0.1, -0.05) is 0 Å². The predicted molar refractivity (Wildman–Crippen MR) is 47.5 cm³/mol. The second-order valence-electron chi connectivity index (χ2n) is 3.37. The van der Waals surface area contributed by atoms with Crippen molar-refractivity contribution in [1.29, 1.82) is 0 Å². The molecule has 5 N–H and O–H groups in total. The van der Waals surface area contributed by atoms with Crippen molar-refractivity contribution in [2.75, 3.05) is 6.54 Å². The van der Waals surface area contributed by atoms with E-state index >= 15 is 0 Å². The van der Waals surface area contributed by atoms with Crippen molar-refractivity contribution in [3.8, 4) is 0 Å². The summed E-state index contributed by atoms with van der Waals surface area (Å²) in [5.41, 5.74) is 10.8. The molecule has 0 saturated carbocycles. The molecule has 1 aliphatic rings. The Morgan fingerprint density at radius 1 is 1.62 bits per heavy atom. The molecule has 1 fully saturated rings. The van der Waals surface area contributed by atoms with E-state index in [1.165, 1.54) is 0 Å². The lowest BCUT2D eigenvalue weighted by molar-refractivity contribution is -0.129. The largest absolute Gasteiger partial charge is 0.370 e. The molecule has 0 aromatic rings. The van der Waals surface area contributed by atoms with Crippen LogP contribution < -0.4 is 16.8 Å². The molecule has 5 heteroatoms. The molecule has 2 unspecified atom stereocenters. The molecular weight excluding hydrogens is 170 g/mol. The van der Waals surface area contributed by atoms with Crippen molar-refractivity contribution in [3.63, 3.8) is 0 Å². The Kier molecular flexibility index (Phi) is 3.25. The third kappa shape index (κ3) is 2.69. The second kappa shape index (κ2) is 4.23. The number of rotatable bonds is 2. The van der Waals surface area contributed by atoms with Gasteiger partial charge in [-0.25, -0.2) is 0 Å². The topological polar surface area (TPSA) is 98.2 Å². The summed E-state index contributed by atoms with van der Waals surface area (Å²) in [6.07, 6.45) is 1.67. The molecule has 1 aliphatic heterocycles. The maximum absolute atomic E-state index is 11.4. The van der Waals surface area contributed by atoms with Crippen molar-refractivity contribution in [2.45, 2.75) is 25.3 Å². The first-order valence-electron chi connectivity index (χ1n) is 4.43. The number of primary amides is 1. The first-order chi connectivity index (χ1) is 6.11. The van der Waals surface area contributed by atoms with Crippen LogP contribution in [0.15, 0.2) is 0 Å². The highest BCUT2D eigenvalue weighted by Gasteiger charge is 2.28. The van der Waals surface area contributed by atoms with Gasteiger partial charge >= 0.3 is 0 Å². The molecule has 0 aromatic carbocycles. The standard InChI is InChI=1S/C8H15N3O2/c9-6-2-1-3-11-8(13)5(6)4-7(10)12/h5-6H,1-4,9H2,(H2,10,12)(H,11,13). The van der Waals surface area contributed by atoms with E-state index in [2.05, 4.69) is 5.32 Å². The number of nitrogens with one attached hydrogen (secondary N) is 1. The molecule has 2 atom stereocenters. The summed E-state index contributed by atoms with van der Waals surface area (Å²) in [4.78, 5) is 22.0. The first-order valence-corrected chi connectivity index (χ1v) is 4.43. The Bertz CT molecular complexity index is 217. The maximum Gasteiger partial charge on any atom is 0.225 e. The lowest BCUT2D eigenvalue weighted by Crippen LogP contribution is -2.41. The van der Waals surface area contributed by atoms with Crippen LogP contribution in [0.2, 0.25) is 0 Å². The SMILES string of the molecule is NC(=O)CC1C(=O)NCCCC1N. The molecule has 5 nitrogen and oxygen atoms in total. The van der Waals surface area contributed by atoms with Crippen molar-refractivity contribution < 1.29 is 9.59 Å². The molecule has 2 amide bonds. The van der Waals surface area contributed by atoms with Crippen molar-refractivity contribution in [1.82, 2.24) is 5.32 Å². The highest BCUT2D eigenvalue weighted by atomic mass is 16.2. The third-order valence-corrected chi connectivity index (χ3v) is 2.29. The minimum atomic E-state index is -0.475. The average molecular weight is 185 g/mol. The molecule has 0 aliphatic carbocycles. The summed E-state index contributed by atoms with van der Waals surface area (Å²) in [5, 5.41) is 2.70. The molecule has 0 radical (unpaired) electrons. The normalized spacial score (nSPS) is 29.2. The van der Waals surface area contributed by atoms with Crippen molar-refractivity contribution >= 4 is 11.8 Å². The van der Waals surface area contributed by atoms with E-state index in [1.807, 2.05) is 0 Å². The van der Waals surface area contributed by atoms with Gasteiger partial charge in [0.2, 0.25) is 11.8 Å². The molecule has 0 aromatic heterocycles. The minimum absolute atomic E-state index is 0.0486. The van der Waals surface area contributed by atoms with E-state index in [4.69, 9.17) is 11.5 Å². The number of amides is 2. The van der Waals surface area contributed by atoms with Gasteiger partial charge in [0.25, 0.3) is 0 Å². The second-order valence-corrected chi connectivity index (χ2v) is 3.37. The summed E-state index contributed by atoms with van der Waals surface area (Å²) in [6.45, 7) is 0.641. The van der Waals surface area contributed by atoms with Gasteiger partial charge in [-0.15, -0.1) is 0 Å². The van der Waals surface area contributed by atoms with Gasteiger partial charge in [-0.3, -0.25) is 9.59 Å². The Hall–Kier alpha value is -1.10. The zero-order valence-electron chi connectivity index (χ0n) is 7.45. The van der Waals surface area contributed by atoms with E-state index in [0.717, 1.165) is 12.8 Å². The Labute approximate surface area is 76.8 Å². The van der Waals surface area contributed by atoms with Gasteiger partial charge in [0.05, 0.1) is 5.92 Å². The molecule has 13 heavy (non-hydrogen) atoms. The van der Waals surface area contributed by atoms with E-state index in [0.29, 0.717) is 6.54 Å². The monoisotopic (exact) mass is 185 g/mol. The number of hydrogen-bond acceptors (Lipinski definition) is 3. The van der Waals surface area contributed by atoms with E-state index < -0.39 is 11.8 Å². The zero-order valence-corrected chi connectivity index (χ0v) is 7.45. The van der Waals surface area contributed by atoms with Crippen molar-refractivity contribution in [2.24, 2.45) is 17.4 Å². The Morgan fingerprint density at radius 2 is 2.31 bits per heavy atom.